The maximum absolute atomic E-state index is 4.27. The van der Waals surface area contributed by atoms with Crippen molar-refractivity contribution < 1.29 is 0 Å². The minimum atomic E-state index is 0.639. The molecule has 0 amide bonds. The Bertz CT molecular complexity index is 286. The fourth-order valence-electron chi connectivity index (χ4n) is 2.64. The largest absolute Gasteiger partial charge is 0.359 e. The van der Waals surface area contributed by atoms with Gasteiger partial charge < -0.3 is 10.6 Å². The highest BCUT2D eigenvalue weighted by atomic mass is 32.1. The Morgan fingerprint density at radius 1 is 1.36 bits per heavy atom. The van der Waals surface area contributed by atoms with Crippen LogP contribution in [0.3, 0.4) is 0 Å². The maximum Gasteiger partial charge on any atom is 0.182 e. The van der Waals surface area contributed by atoms with Crippen molar-refractivity contribution in [2.75, 3.05) is 5.32 Å². The van der Waals surface area contributed by atoms with Crippen LogP contribution in [-0.4, -0.2) is 23.1 Å². The van der Waals surface area contributed by atoms with E-state index in [1.165, 1.54) is 25.7 Å². The van der Waals surface area contributed by atoms with Crippen LogP contribution in [0, 0.1) is 0 Å². The van der Waals surface area contributed by atoms with Crippen molar-refractivity contribution in [3.63, 3.8) is 0 Å². The number of anilines is 1. The van der Waals surface area contributed by atoms with Crippen LogP contribution < -0.4 is 10.6 Å². The smallest absolute Gasteiger partial charge is 0.182 e. The summed E-state index contributed by atoms with van der Waals surface area (Å²) < 4.78 is 0. The molecule has 2 fully saturated rings. The van der Waals surface area contributed by atoms with Crippen molar-refractivity contribution in [2.45, 2.75) is 43.8 Å². The molecule has 2 N–H and O–H groups in total. The van der Waals surface area contributed by atoms with E-state index < -0.39 is 0 Å². The summed E-state index contributed by atoms with van der Waals surface area (Å²) in [4.78, 5) is 4.27. The van der Waals surface area contributed by atoms with Gasteiger partial charge in [0.1, 0.15) is 0 Å². The first-order chi connectivity index (χ1) is 6.90. The van der Waals surface area contributed by atoms with Crippen molar-refractivity contribution in [3.8, 4) is 0 Å². The third-order valence-corrected chi connectivity index (χ3v) is 3.94. The average molecular weight is 209 g/mol. The molecule has 3 nitrogen and oxygen atoms in total. The maximum atomic E-state index is 4.27. The Balaban J connectivity index is 1.64. The molecule has 14 heavy (non-hydrogen) atoms. The van der Waals surface area contributed by atoms with E-state index in [0.717, 1.165) is 17.2 Å². The van der Waals surface area contributed by atoms with E-state index in [-0.39, 0.29) is 0 Å². The molecule has 2 aliphatic heterocycles. The molecule has 0 aliphatic carbocycles. The topological polar surface area (TPSA) is 37.0 Å². The molecule has 76 valence electrons. The van der Waals surface area contributed by atoms with E-state index in [1.807, 2.05) is 11.6 Å². The number of nitrogens with one attached hydrogen (secondary N) is 2. The summed E-state index contributed by atoms with van der Waals surface area (Å²) in [5, 5.41) is 10.3. The van der Waals surface area contributed by atoms with E-state index in [2.05, 4.69) is 15.6 Å². The van der Waals surface area contributed by atoms with Gasteiger partial charge >= 0.3 is 0 Å². The molecule has 2 aliphatic rings. The Kier molecular flexibility index (Phi) is 2.18. The summed E-state index contributed by atoms with van der Waals surface area (Å²) >= 11 is 1.70. The van der Waals surface area contributed by atoms with Crippen molar-refractivity contribution in [3.05, 3.63) is 11.6 Å². The lowest BCUT2D eigenvalue weighted by molar-refractivity contribution is 0.378. The van der Waals surface area contributed by atoms with Gasteiger partial charge in [0.25, 0.3) is 0 Å². The second-order valence-electron chi connectivity index (χ2n) is 4.29. The predicted octanol–water partition coefficient (Wildman–Crippen LogP) is 1.84. The number of thiazole rings is 1. The highest BCUT2D eigenvalue weighted by molar-refractivity contribution is 7.13. The van der Waals surface area contributed by atoms with E-state index in [0.29, 0.717) is 6.04 Å². The molecular formula is C10H15N3S. The van der Waals surface area contributed by atoms with Crippen LogP contribution in [0.25, 0.3) is 0 Å². The number of nitrogens with zero attached hydrogens (tertiary/aromatic N) is 1. The quantitative estimate of drug-likeness (QED) is 0.780. The summed E-state index contributed by atoms with van der Waals surface area (Å²) in [6, 6.07) is 2.15. The van der Waals surface area contributed by atoms with Crippen LogP contribution in [0.4, 0.5) is 5.13 Å². The van der Waals surface area contributed by atoms with Gasteiger partial charge in [-0.15, -0.1) is 11.3 Å². The molecule has 2 atom stereocenters. The average Bonchev–Trinajstić information content (AvgIpc) is 2.77. The summed E-state index contributed by atoms with van der Waals surface area (Å²) in [5.74, 6) is 0. The Hall–Kier alpha value is -0.610. The number of aromatic nitrogens is 1. The number of rotatable bonds is 2. The normalized spacial score (nSPS) is 35.9. The molecule has 2 unspecified atom stereocenters. The number of fused-ring (bicyclic) bond motifs is 2. The third-order valence-electron chi connectivity index (χ3n) is 3.23. The molecule has 4 heteroatoms. The second-order valence-corrected chi connectivity index (χ2v) is 5.18. The van der Waals surface area contributed by atoms with Crippen molar-refractivity contribution in [2.24, 2.45) is 0 Å². The van der Waals surface area contributed by atoms with Crippen LogP contribution >= 0.6 is 11.3 Å². The number of hydrogen-bond acceptors (Lipinski definition) is 4. The fraction of sp³-hybridized carbons (Fsp3) is 0.700. The van der Waals surface area contributed by atoms with Crippen LogP contribution in [0.2, 0.25) is 0 Å². The summed E-state index contributed by atoms with van der Waals surface area (Å²) in [5.41, 5.74) is 0. The van der Waals surface area contributed by atoms with Crippen LogP contribution in [0.15, 0.2) is 11.6 Å². The molecule has 2 bridgehead atoms. The SMILES string of the molecule is c1csc(NC2CC3CCC(C2)N3)n1. The highest BCUT2D eigenvalue weighted by Crippen LogP contribution is 2.28. The highest BCUT2D eigenvalue weighted by Gasteiger charge is 2.33. The van der Waals surface area contributed by atoms with Gasteiger partial charge in [-0.1, -0.05) is 0 Å². The van der Waals surface area contributed by atoms with Crippen molar-refractivity contribution >= 4 is 16.5 Å². The van der Waals surface area contributed by atoms with Gasteiger partial charge in [-0.25, -0.2) is 4.98 Å². The van der Waals surface area contributed by atoms with Gasteiger partial charge in [0, 0.05) is 29.7 Å². The van der Waals surface area contributed by atoms with E-state index in [1.54, 1.807) is 11.3 Å². The second kappa shape index (κ2) is 3.51. The lowest BCUT2D eigenvalue weighted by Gasteiger charge is -2.29. The minimum Gasteiger partial charge on any atom is -0.359 e. The molecule has 3 heterocycles. The van der Waals surface area contributed by atoms with Gasteiger partial charge in [0.05, 0.1) is 0 Å². The zero-order chi connectivity index (χ0) is 9.38. The summed E-state index contributed by atoms with van der Waals surface area (Å²) in [6.45, 7) is 0. The summed E-state index contributed by atoms with van der Waals surface area (Å²) in [6.07, 6.45) is 7.11. The van der Waals surface area contributed by atoms with Gasteiger partial charge in [0.2, 0.25) is 0 Å². The van der Waals surface area contributed by atoms with E-state index in [4.69, 9.17) is 0 Å². The molecule has 0 radical (unpaired) electrons. The predicted molar refractivity (Wildman–Crippen MR) is 58.7 cm³/mol. The molecule has 0 aromatic carbocycles. The molecule has 2 saturated heterocycles. The fourth-order valence-corrected chi connectivity index (χ4v) is 3.25. The van der Waals surface area contributed by atoms with Crippen molar-refractivity contribution in [1.29, 1.82) is 0 Å². The van der Waals surface area contributed by atoms with Gasteiger partial charge in [-0.05, 0) is 25.7 Å². The first kappa shape index (κ1) is 8.68. The lowest BCUT2D eigenvalue weighted by Crippen LogP contribution is -2.43. The monoisotopic (exact) mass is 209 g/mol. The lowest BCUT2D eigenvalue weighted by atomic mass is 10.0. The molecule has 3 rings (SSSR count). The molecule has 0 spiro atoms. The zero-order valence-electron chi connectivity index (χ0n) is 8.07. The van der Waals surface area contributed by atoms with E-state index in [9.17, 15) is 0 Å². The van der Waals surface area contributed by atoms with Gasteiger partial charge in [0.15, 0.2) is 5.13 Å². The Morgan fingerprint density at radius 2 is 2.14 bits per heavy atom. The van der Waals surface area contributed by atoms with Gasteiger partial charge in [-0.2, -0.15) is 0 Å². The van der Waals surface area contributed by atoms with Crippen LogP contribution in [-0.2, 0) is 0 Å². The van der Waals surface area contributed by atoms with E-state index >= 15 is 0 Å². The Labute approximate surface area is 87.9 Å². The van der Waals surface area contributed by atoms with Gasteiger partial charge in [-0.3, -0.25) is 0 Å². The standard InChI is InChI=1S/C10H15N3S/c1-2-8-6-9(5-7(1)12-8)13-10-11-3-4-14-10/h3-4,7-9,12H,1-2,5-6H2,(H,11,13). The minimum absolute atomic E-state index is 0.639. The number of hydrogen-bond donors (Lipinski definition) is 2. The number of piperidine rings is 1. The molecule has 1 aromatic heterocycles. The first-order valence-corrected chi connectivity index (χ1v) is 6.20. The first-order valence-electron chi connectivity index (χ1n) is 5.32. The zero-order valence-corrected chi connectivity index (χ0v) is 8.89. The summed E-state index contributed by atoms with van der Waals surface area (Å²) in [7, 11) is 0. The van der Waals surface area contributed by atoms with Crippen LogP contribution in [0.1, 0.15) is 25.7 Å². The molecule has 1 aromatic rings. The van der Waals surface area contributed by atoms with Crippen LogP contribution in [0.5, 0.6) is 0 Å². The van der Waals surface area contributed by atoms with Crippen molar-refractivity contribution in [1.82, 2.24) is 10.3 Å². The Morgan fingerprint density at radius 3 is 2.79 bits per heavy atom. The third kappa shape index (κ3) is 1.64. The molecular weight excluding hydrogens is 194 g/mol. The molecule has 0 saturated carbocycles.